The number of likely N-dealkylation sites (N-methyl/N-ethyl adjacent to an activating group) is 1. The Morgan fingerprint density at radius 2 is 1.89 bits per heavy atom. The first-order valence-electron chi connectivity index (χ1n) is 6.99. The average Bonchev–Trinajstić information content (AvgIpc) is 2.47. The molecule has 0 saturated heterocycles. The second-order valence-corrected chi connectivity index (χ2v) is 3.70. The molecule has 0 aliphatic heterocycles. The maximum absolute atomic E-state index is 5.14. The number of hydrogen-bond acceptors (Lipinski definition) is 3. The van der Waals surface area contributed by atoms with Gasteiger partial charge in [0, 0.05) is 6.04 Å². The second-order valence-electron chi connectivity index (χ2n) is 3.70. The molecule has 0 rings (SSSR count). The molecule has 0 aromatic heterocycles. The van der Waals surface area contributed by atoms with Crippen molar-refractivity contribution >= 4 is 0 Å². The van der Waals surface area contributed by atoms with Gasteiger partial charge in [-0.2, -0.15) is 0 Å². The largest absolute Gasteiger partial charge is 0.497 e. The third-order valence-corrected chi connectivity index (χ3v) is 2.29. The normalized spacial score (nSPS) is 12.4. The fraction of sp³-hybridized carbons (Fsp3) is 0.625. The van der Waals surface area contributed by atoms with Crippen molar-refractivity contribution in [2.45, 2.75) is 47.1 Å². The standard InChI is InChI=1S/C11H19NO.C3H9N.C2H6/c1-6-7-11(13-5)8-9(2)10(3)12-4;1-2-3-4;1-2/h6-8,10,12H,1H2,2-5H3;2-4H2,1H3;1-2H3/b9-8+,11-7+;;. The molecule has 114 valence electrons. The Kier molecular flexibility index (Phi) is 23.4. The lowest BCUT2D eigenvalue weighted by Gasteiger charge is -2.11. The van der Waals surface area contributed by atoms with Crippen LogP contribution >= 0.6 is 0 Å². The number of allylic oxidation sites excluding steroid dienone is 3. The Labute approximate surface area is 120 Å². The summed E-state index contributed by atoms with van der Waals surface area (Å²) < 4.78 is 5.14. The minimum absolute atomic E-state index is 0.364. The van der Waals surface area contributed by atoms with Crippen LogP contribution in [0.4, 0.5) is 0 Å². The minimum atomic E-state index is 0.364. The highest BCUT2D eigenvalue weighted by Crippen LogP contribution is 2.06. The maximum Gasteiger partial charge on any atom is 0.118 e. The summed E-state index contributed by atoms with van der Waals surface area (Å²) in [5.74, 6) is 0.828. The first-order valence-corrected chi connectivity index (χ1v) is 6.99. The molecule has 0 aromatic carbocycles. The number of ether oxygens (including phenoxy) is 1. The summed E-state index contributed by atoms with van der Waals surface area (Å²) in [5.41, 5.74) is 6.26. The molecule has 1 atom stereocenters. The van der Waals surface area contributed by atoms with Crippen molar-refractivity contribution in [2.75, 3.05) is 20.7 Å². The van der Waals surface area contributed by atoms with Crippen molar-refractivity contribution in [1.29, 1.82) is 0 Å². The quantitative estimate of drug-likeness (QED) is 0.572. The maximum atomic E-state index is 5.14. The molecule has 0 fully saturated rings. The molecular formula is C16H34N2O. The smallest absolute Gasteiger partial charge is 0.118 e. The Balaban J connectivity index is -0.000000361. The molecule has 0 spiro atoms. The fourth-order valence-corrected chi connectivity index (χ4v) is 0.868. The molecule has 1 unspecified atom stereocenters. The van der Waals surface area contributed by atoms with E-state index >= 15 is 0 Å². The predicted molar refractivity (Wildman–Crippen MR) is 88.3 cm³/mol. The molecular weight excluding hydrogens is 236 g/mol. The fourth-order valence-electron chi connectivity index (χ4n) is 0.868. The number of rotatable bonds is 6. The van der Waals surface area contributed by atoms with E-state index in [0.29, 0.717) is 6.04 Å². The van der Waals surface area contributed by atoms with Crippen molar-refractivity contribution in [3.8, 4) is 0 Å². The molecule has 0 radical (unpaired) electrons. The van der Waals surface area contributed by atoms with E-state index < -0.39 is 0 Å². The lowest BCUT2D eigenvalue weighted by Crippen LogP contribution is -2.22. The summed E-state index contributed by atoms with van der Waals surface area (Å²) in [6.07, 6.45) is 6.65. The van der Waals surface area contributed by atoms with Crippen molar-refractivity contribution in [3.05, 3.63) is 36.1 Å². The topological polar surface area (TPSA) is 47.3 Å². The van der Waals surface area contributed by atoms with E-state index in [0.717, 1.165) is 18.7 Å². The first kappa shape index (κ1) is 23.1. The van der Waals surface area contributed by atoms with Crippen LogP contribution in [0, 0.1) is 0 Å². The molecule has 3 nitrogen and oxygen atoms in total. The van der Waals surface area contributed by atoms with Gasteiger partial charge in [-0.25, -0.2) is 0 Å². The lowest BCUT2D eigenvalue weighted by molar-refractivity contribution is 0.306. The molecule has 0 saturated carbocycles. The van der Waals surface area contributed by atoms with Crippen LogP contribution in [0.15, 0.2) is 36.1 Å². The lowest BCUT2D eigenvalue weighted by atomic mass is 10.1. The van der Waals surface area contributed by atoms with Crippen molar-refractivity contribution in [2.24, 2.45) is 5.73 Å². The van der Waals surface area contributed by atoms with Gasteiger partial charge >= 0.3 is 0 Å². The van der Waals surface area contributed by atoms with E-state index in [4.69, 9.17) is 10.5 Å². The van der Waals surface area contributed by atoms with E-state index in [1.165, 1.54) is 5.57 Å². The van der Waals surface area contributed by atoms with Crippen LogP contribution in [0.25, 0.3) is 0 Å². The number of nitrogens with one attached hydrogen (secondary N) is 1. The molecule has 19 heavy (non-hydrogen) atoms. The van der Waals surface area contributed by atoms with Gasteiger partial charge in [0.2, 0.25) is 0 Å². The minimum Gasteiger partial charge on any atom is -0.497 e. The number of methoxy groups -OCH3 is 1. The zero-order valence-electron chi connectivity index (χ0n) is 13.9. The van der Waals surface area contributed by atoms with E-state index in [2.05, 4.69) is 32.7 Å². The molecule has 0 aliphatic carbocycles. The summed E-state index contributed by atoms with van der Waals surface area (Å²) >= 11 is 0. The number of hydrogen-bond donors (Lipinski definition) is 2. The molecule has 0 aliphatic rings. The second kappa shape index (κ2) is 19.3. The van der Waals surface area contributed by atoms with Crippen LogP contribution < -0.4 is 11.1 Å². The molecule has 0 amide bonds. The Morgan fingerprint density at radius 3 is 2.16 bits per heavy atom. The third kappa shape index (κ3) is 16.9. The Bertz CT molecular complexity index is 243. The van der Waals surface area contributed by atoms with Crippen molar-refractivity contribution < 1.29 is 4.74 Å². The van der Waals surface area contributed by atoms with Crippen LogP contribution in [0.5, 0.6) is 0 Å². The molecule has 0 aromatic rings. The number of nitrogens with two attached hydrogens (primary N) is 1. The molecule has 0 heterocycles. The monoisotopic (exact) mass is 270 g/mol. The van der Waals surface area contributed by atoms with Crippen LogP contribution in [0.3, 0.4) is 0 Å². The summed E-state index contributed by atoms with van der Waals surface area (Å²) in [6.45, 7) is 14.7. The van der Waals surface area contributed by atoms with Gasteiger partial charge in [0.15, 0.2) is 0 Å². The third-order valence-electron chi connectivity index (χ3n) is 2.29. The van der Waals surface area contributed by atoms with Gasteiger partial charge in [-0.05, 0) is 46.0 Å². The Hall–Kier alpha value is -1.06. The van der Waals surface area contributed by atoms with E-state index in [9.17, 15) is 0 Å². The predicted octanol–water partition coefficient (Wildman–Crippen LogP) is 3.64. The summed E-state index contributed by atoms with van der Waals surface area (Å²) in [4.78, 5) is 0. The van der Waals surface area contributed by atoms with Gasteiger partial charge in [-0.3, -0.25) is 0 Å². The first-order chi connectivity index (χ1) is 9.06. The van der Waals surface area contributed by atoms with E-state index in [-0.39, 0.29) is 0 Å². The van der Waals surface area contributed by atoms with E-state index in [1.54, 1.807) is 13.2 Å². The van der Waals surface area contributed by atoms with Crippen LogP contribution in [-0.4, -0.2) is 26.7 Å². The molecule has 3 heteroatoms. The van der Waals surface area contributed by atoms with Gasteiger partial charge in [-0.15, -0.1) is 0 Å². The Morgan fingerprint density at radius 1 is 1.42 bits per heavy atom. The van der Waals surface area contributed by atoms with Crippen molar-refractivity contribution in [3.63, 3.8) is 0 Å². The summed E-state index contributed by atoms with van der Waals surface area (Å²) in [7, 11) is 3.59. The van der Waals surface area contributed by atoms with Gasteiger partial charge in [0.25, 0.3) is 0 Å². The zero-order chi connectivity index (χ0) is 15.7. The van der Waals surface area contributed by atoms with Crippen molar-refractivity contribution in [1.82, 2.24) is 5.32 Å². The summed E-state index contributed by atoms with van der Waals surface area (Å²) in [6, 6.07) is 0.364. The van der Waals surface area contributed by atoms with Crippen LogP contribution in [-0.2, 0) is 4.74 Å². The summed E-state index contributed by atoms with van der Waals surface area (Å²) in [5, 5.41) is 3.16. The van der Waals surface area contributed by atoms with E-state index in [1.807, 2.05) is 33.0 Å². The van der Waals surface area contributed by atoms with Gasteiger partial charge in [0.05, 0.1) is 7.11 Å². The molecule has 0 bridgehead atoms. The molecule has 3 N–H and O–H groups in total. The van der Waals surface area contributed by atoms with Gasteiger partial charge < -0.3 is 15.8 Å². The highest BCUT2D eigenvalue weighted by molar-refractivity contribution is 5.23. The zero-order valence-corrected chi connectivity index (χ0v) is 13.9. The van der Waals surface area contributed by atoms with Crippen LogP contribution in [0.2, 0.25) is 0 Å². The highest BCUT2D eigenvalue weighted by Gasteiger charge is 2.00. The van der Waals surface area contributed by atoms with Crippen LogP contribution in [0.1, 0.15) is 41.0 Å². The average molecular weight is 270 g/mol. The SMILES string of the molecule is C=C/C=C(\C=C(/C)C(C)NC)OC.CC.CCCN. The van der Waals surface area contributed by atoms with Gasteiger partial charge in [0.1, 0.15) is 5.76 Å². The van der Waals surface area contributed by atoms with Gasteiger partial charge in [-0.1, -0.05) is 39.0 Å². The highest BCUT2D eigenvalue weighted by atomic mass is 16.5.